The molecule has 0 aliphatic carbocycles. The summed E-state index contributed by atoms with van der Waals surface area (Å²) < 4.78 is 7.27. The van der Waals surface area contributed by atoms with Crippen molar-refractivity contribution in [2.24, 2.45) is 0 Å². The van der Waals surface area contributed by atoms with Gasteiger partial charge in [-0.15, -0.1) is 5.10 Å². The van der Waals surface area contributed by atoms with Crippen LogP contribution in [0.1, 0.15) is 17.0 Å². The molecule has 0 saturated heterocycles. The molecule has 26 heavy (non-hydrogen) atoms. The molecule has 0 radical (unpaired) electrons. The first-order valence-electron chi connectivity index (χ1n) is 8.15. The van der Waals surface area contributed by atoms with Gasteiger partial charge in [0.2, 0.25) is 5.16 Å². The third-order valence-electron chi connectivity index (χ3n) is 3.65. The second-order valence-corrected chi connectivity index (χ2v) is 6.89. The molecule has 7 nitrogen and oxygen atoms in total. The summed E-state index contributed by atoms with van der Waals surface area (Å²) in [7, 11) is 0. The van der Waals surface area contributed by atoms with Crippen molar-refractivity contribution in [3.63, 3.8) is 0 Å². The highest BCUT2D eigenvalue weighted by molar-refractivity contribution is 7.99. The van der Waals surface area contributed by atoms with Crippen LogP contribution in [0.25, 0.3) is 5.78 Å². The molecule has 1 atom stereocenters. The van der Waals surface area contributed by atoms with Crippen molar-refractivity contribution in [2.75, 3.05) is 12.4 Å². The summed E-state index contributed by atoms with van der Waals surface area (Å²) in [6.45, 7) is 4.05. The van der Waals surface area contributed by atoms with Crippen molar-refractivity contribution < 1.29 is 9.84 Å². The van der Waals surface area contributed by atoms with Crippen molar-refractivity contribution in [2.45, 2.75) is 31.5 Å². The van der Waals surface area contributed by atoms with Crippen molar-refractivity contribution in [1.29, 1.82) is 5.26 Å². The average molecular weight is 369 g/mol. The lowest BCUT2D eigenvalue weighted by Gasteiger charge is -2.11. The van der Waals surface area contributed by atoms with Crippen LogP contribution in [-0.2, 0) is 6.42 Å². The third-order valence-corrected chi connectivity index (χ3v) is 4.64. The summed E-state index contributed by atoms with van der Waals surface area (Å²) in [5.74, 6) is 1.65. The number of aryl methyl sites for hydroxylation is 2. The van der Waals surface area contributed by atoms with Crippen LogP contribution in [0.4, 0.5) is 0 Å². The summed E-state index contributed by atoms with van der Waals surface area (Å²) in [6, 6.07) is 11.3. The minimum atomic E-state index is -0.652. The van der Waals surface area contributed by atoms with E-state index < -0.39 is 6.10 Å². The number of aliphatic hydroxyl groups excluding tert-OH is 1. The predicted molar refractivity (Wildman–Crippen MR) is 98.2 cm³/mol. The van der Waals surface area contributed by atoms with E-state index in [1.54, 1.807) is 16.6 Å². The molecule has 0 fully saturated rings. The van der Waals surface area contributed by atoms with E-state index in [0.717, 1.165) is 17.0 Å². The van der Waals surface area contributed by atoms with Gasteiger partial charge in [-0.2, -0.15) is 10.2 Å². The number of rotatable bonds is 7. The number of hydrogen-bond acceptors (Lipinski definition) is 7. The fourth-order valence-electron chi connectivity index (χ4n) is 2.42. The van der Waals surface area contributed by atoms with Gasteiger partial charge in [-0.05, 0) is 37.6 Å². The molecule has 2 heterocycles. The molecule has 0 aliphatic heterocycles. The molecule has 0 saturated carbocycles. The fraction of sp³-hybridized carbons (Fsp3) is 0.333. The molecular weight excluding hydrogens is 350 g/mol. The Bertz CT molecular complexity index is 933. The van der Waals surface area contributed by atoms with Crippen molar-refractivity contribution in [3.05, 3.63) is 47.3 Å². The van der Waals surface area contributed by atoms with Crippen LogP contribution in [0.2, 0.25) is 0 Å². The summed E-state index contributed by atoms with van der Waals surface area (Å²) >= 11 is 1.36. The van der Waals surface area contributed by atoms with E-state index in [-0.39, 0.29) is 6.61 Å². The highest BCUT2D eigenvalue weighted by atomic mass is 32.2. The number of thioether (sulfide) groups is 1. The van der Waals surface area contributed by atoms with Crippen LogP contribution in [-0.4, -0.2) is 43.2 Å². The van der Waals surface area contributed by atoms with Gasteiger partial charge in [-0.1, -0.05) is 23.9 Å². The number of aromatic nitrogens is 4. The SMILES string of the molecule is Cc1cc(C)n2nc(SC[C@H](O)COc3ccc(CC#N)cc3)nc2n1. The summed E-state index contributed by atoms with van der Waals surface area (Å²) in [4.78, 5) is 8.73. The third kappa shape index (κ3) is 4.50. The van der Waals surface area contributed by atoms with Gasteiger partial charge >= 0.3 is 0 Å². The number of nitrogens with zero attached hydrogens (tertiary/aromatic N) is 5. The molecule has 0 bridgehead atoms. The zero-order valence-electron chi connectivity index (χ0n) is 14.6. The number of fused-ring (bicyclic) bond motifs is 1. The van der Waals surface area contributed by atoms with Crippen LogP contribution in [0, 0.1) is 25.2 Å². The first kappa shape index (κ1) is 18.2. The van der Waals surface area contributed by atoms with E-state index in [1.807, 2.05) is 32.0 Å². The highest BCUT2D eigenvalue weighted by Gasteiger charge is 2.12. The van der Waals surface area contributed by atoms with E-state index in [0.29, 0.717) is 28.9 Å². The van der Waals surface area contributed by atoms with Gasteiger partial charge in [0, 0.05) is 17.1 Å². The number of ether oxygens (including phenoxy) is 1. The lowest BCUT2D eigenvalue weighted by atomic mass is 10.2. The Morgan fingerprint density at radius 3 is 2.77 bits per heavy atom. The smallest absolute Gasteiger partial charge is 0.253 e. The molecule has 1 aromatic carbocycles. The number of nitriles is 1. The maximum absolute atomic E-state index is 10.1. The zero-order valence-corrected chi connectivity index (χ0v) is 15.4. The van der Waals surface area contributed by atoms with Crippen molar-refractivity contribution >= 4 is 17.5 Å². The Balaban J connectivity index is 1.51. The molecule has 134 valence electrons. The van der Waals surface area contributed by atoms with Gasteiger partial charge < -0.3 is 9.84 Å². The first-order chi connectivity index (χ1) is 12.5. The Morgan fingerprint density at radius 2 is 2.04 bits per heavy atom. The van der Waals surface area contributed by atoms with Crippen LogP contribution in [0.15, 0.2) is 35.5 Å². The highest BCUT2D eigenvalue weighted by Crippen LogP contribution is 2.17. The second-order valence-electron chi connectivity index (χ2n) is 5.90. The fourth-order valence-corrected chi connectivity index (χ4v) is 3.14. The van der Waals surface area contributed by atoms with Crippen LogP contribution < -0.4 is 4.74 Å². The van der Waals surface area contributed by atoms with E-state index >= 15 is 0 Å². The topological polar surface area (TPSA) is 96.3 Å². The molecular formula is C18H19N5O2S. The Labute approximate surface area is 155 Å². The molecule has 1 N–H and O–H groups in total. The summed E-state index contributed by atoms with van der Waals surface area (Å²) in [5, 5.41) is 23.8. The van der Waals surface area contributed by atoms with Gasteiger partial charge in [0.05, 0.1) is 18.6 Å². The van der Waals surface area contributed by atoms with E-state index in [1.165, 1.54) is 11.8 Å². The molecule has 3 rings (SSSR count). The molecule has 2 aromatic heterocycles. The average Bonchev–Trinajstić information content (AvgIpc) is 3.03. The summed E-state index contributed by atoms with van der Waals surface area (Å²) in [5.41, 5.74) is 2.80. The van der Waals surface area contributed by atoms with Gasteiger partial charge in [0.15, 0.2) is 0 Å². The van der Waals surface area contributed by atoms with Crippen LogP contribution >= 0.6 is 11.8 Å². The molecule has 0 amide bonds. The Hall–Kier alpha value is -2.63. The first-order valence-corrected chi connectivity index (χ1v) is 9.14. The van der Waals surface area contributed by atoms with Crippen LogP contribution in [0.3, 0.4) is 0 Å². The molecule has 3 aromatic rings. The van der Waals surface area contributed by atoms with Gasteiger partial charge in [0.25, 0.3) is 5.78 Å². The number of hydrogen-bond donors (Lipinski definition) is 1. The monoisotopic (exact) mass is 369 g/mol. The molecule has 0 unspecified atom stereocenters. The summed E-state index contributed by atoms with van der Waals surface area (Å²) in [6.07, 6.45) is -0.277. The number of benzene rings is 1. The minimum Gasteiger partial charge on any atom is -0.491 e. The van der Waals surface area contributed by atoms with Crippen LogP contribution in [0.5, 0.6) is 5.75 Å². The standard InChI is InChI=1S/C18H19N5O2S/c1-12-9-13(2)23-17(20-12)21-18(22-23)26-11-15(24)10-25-16-5-3-14(4-6-16)7-8-19/h3-6,9,15,24H,7,10-11H2,1-2H3/t15-/m1/s1. The van der Waals surface area contributed by atoms with Gasteiger partial charge in [0.1, 0.15) is 12.4 Å². The molecule has 0 aliphatic rings. The van der Waals surface area contributed by atoms with E-state index in [9.17, 15) is 5.11 Å². The minimum absolute atomic E-state index is 0.175. The zero-order chi connectivity index (χ0) is 18.5. The van der Waals surface area contributed by atoms with Gasteiger partial charge in [-0.3, -0.25) is 0 Å². The maximum Gasteiger partial charge on any atom is 0.253 e. The van der Waals surface area contributed by atoms with Crippen molar-refractivity contribution in [3.8, 4) is 11.8 Å². The predicted octanol–water partition coefficient (Wildman–Crippen LogP) is 2.34. The Kier molecular flexibility index (Phi) is 5.71. The van der Waals surface area contributed by atoms with Gasteiger partial charge in [-0.25, -0.2) is 9.50 Å². The number of aliphatic hydroxyl groups is 1. The molecule has 0 spiro atoms. The maximum atomic E-state index is 10.1. The Morgan fingerprint density at radius 1 is 1.27 bits per heavy atom. The molecule has 8 heteroatoms. The van der Waals surface area contributed by atoms with E-state index in [2.05, 4.69) is 21.1 Å². The van der Waals surface area contributed by atoms with E-state index in [4.69, 9.17) is 10.00 Å². The normalized spacial score (nSPS) is 12.1. The largest absolute Gasteiger partial charge is 0.491 e. The lowest BCUT2D eigenvalue weighted by Crippen LogP contribution is -2.20. The lowest BCUT2D eigenvalue weighted by molar-refractivity contribution is 0.126. The second kappa shape index (κ2) is 8.17. The van der Waals surface area contributed by atoms with Crippen molar-refractivity contribution in [1.82, 2.24) is 19.6 Å². The quantitative estimate of drug-likeness (QED) is 0.639.